The molecule has 0 aromatic heterocycles. The molecule has 0 aromatic carbocycles. The number of nitrogens with one attached hydrogen (secondary N) is 1. The van der Waals surface area contributed by atoms with Gasteiger partial charge in [-0.3, -0.25) is 4.79 Å². The van der Waals surface area contributed by atoms with Crippen molar-refractivity contribution >= 4 is 5.91 Å². The predicted molar refractivity (Wildman–Crippen MR) is 46.1 cm³/mol. The van der Waals surface area contributed by atoms with Gasteiger partial charge in [-0.15, -0.1) is 0 Å². The van der Waals surface area contributed by atoms with Crippen molar-refractivity contribution in [1.29, 1.82) is 0 Å². The van der Waals surface area contributed by atoms with Gasteiger partial charge in [0.25, 0.3) is 0 Å². The van der Waals surface area contributed by atoms with Gasteiger partial charge in [0.1, 0.15) is 0 Å². The molecule has 0 radical (unpaired) electrons. The second kappa shape index (κ2) is 5.13. The third-order valence-electron chi connectivity index (χ3n) is 1.61. The van der Waals surface area contributed by atoms with Crippen LogP contribution in [0.4, 0.5) is 0 Å². The first kappa shape index (κ1) is 10.4. The van der Waals surface area contributed by atoms with E-state index in [1.54, 1.807) is 0 Å². The van der Waals surface area contributed by atoms with E-state index in [1.807, 2.05) is 7.05 Å². The van der Waals surface area contributed by atoms with Crippen LogP contribution in [0.2, 0.25) is 0 Å². The quantitative estimate of drug-likeness (QED) is 0.612. The molecule has 0 aliphatic heterocycles. The van der Waals surface area contributed by atoms with E-state index in [2.05, 4.69) is 19.2 Å². The molecular formula is C8H18N2O. The number of carbonyl (C=O) groups is 1. The maximum absolute atomic E-state index is 10.5. The van der Waals surface area contributed by atoms with Crippen LogP contribution in [0.3, 0.4) is 0 Å². The van der Waals surface area contributed by atoms with Gasteiger partial charge >= 0.3 is 0 Å². The highest BCUT2D eigenvalue weighted by atomic mass is 16.1. The lowest BCUT2D eigenvalue weighted by Gasteiger charge is -2.15. The molecule has 0 saturated heterocycles. The first-order chi connectivity index (χ1) is 5.06. The Kier molecular flexibility index (Phi) is 4.86. The summed E-state index contributed by atoms with van der Waals surface area (Å²) in [5.74, 6) is 0.372. The topological polar surface area (TPSA) is 55.1 Å². The lowest BCUT2D eigenvalue weighted by Crippen LogP contribution is -2.31. The Hall–Kier alpha value is -0.570. The van der Waals surface area contributed by atoms with Crippen molar-refractivity contribution in [1.82, 2.24) is 5.32 Å². The summed E-state index contributed by atoms with van der Waals surface area (Å²) in [6, 6.07) is 0.243. The number of hydrogen-bond acceptors (Lipinski definition) is 2. The van der Waals surface area contributed by atoms with E-state index < -0.39 is 0 Å². The molecule has 66 valence electrons. The molecule has 0 spiro atoms. The van der Waals surface area contributed by atoms with Crippen LogP contribution in [0.1, 0.15) is 26.7 Å². The monoisotopic (exact) mass is 158 g/mol. The van der Waals surface area contributed by atoms with Gasteiger partial charge in [-0.2, -0.15) is 0 Å². The summed E-state index contributed by atoms with van der Waals surface area (Å²) in [4.78, 5) is 10.5. The van der Waals surface area contributed by atoms with Crippen molar-refractivity contribution in [2.45, 2.75) is 32.7 Å². The first-order valence-electron chi connectivity index (χ1n) is 4.01. The third-order valence-corrected chi connectivity index (χ3v) is 1.61. The van der Waals surface area contributed by atoms with Crippen LogP contribution in [0.25, 0.3) is 0 Å². The average molecular weight is 158 g/mol. The SMILES string of the molecule is CNC(CC(N)=O)CC(C)C. The number of amides is 1. The minimum Gasteiger partial charge on any atom is -0.370 e. The number of hydrogen-bond donors (Lipinski definition) is 2. The highest BCUT2D eigenvalue weighted by molar-refractivity contribution is 5.74. The van der Waals surface area contributed by atoms with Crippen molar-refractivity contribution < 1.29 is 4.79 Å². The van der Waals surface area contributed by atoms with Crippen molar-refractivity contribution in [3.8, 4) is 0 Å². The zero-order valence-electron chi connectivity index (χ0n) is 7.55. The number of rotatable bonds is 5. The van der Waals surface area contributed by atoms with Crippen LogP contribution < -0.4 is 11.1 Å². The molecule has 0 heterocycles. The Labute approximate surface area is 68.3 Å². The standard InChI is InChI=1S/C8H18N2O/c1-6(2)4-7(10-3)5-8(9)11/h6-7,10H,4-5H2,1-3H3,(H2,9,11). The summed E-state index contributed by atoms with van der Waals surface area (Å²) >= 11 is 0. The molecule has 0 rings (SSSR count). The fraction of sp³-hybridized carbons (Fsp3) is 0.875. The number of primary amides is 1. The lowest BCUT2D eigenvalue weighted by molar-refractivity contribution is -0.118. The van der Waals surface area contributed by atoms with Crippen LogP contribution in [0.5, 0.6) is 0 Å². The Bertz CT molecular complexity index is 123. The normalized spacial score (nSPS) is 13.5. The maximum Gasteiger partial charge on any atom is 0.218 e. The first-order valence-corrected chi connectivity index (χ1v) is 4.01. The largest absolute Gasteiger partial charge is 0.370 e. The molecule has 0 aromatic rings. The van der Waals surface area contributed by atoms with Crippen LogP contribution >= 0.6 is 0 Å². The summed E-state index contributed by atoms with van der Waals surface area (Å²) in [5, 5.41) is 3.06. The summed E-state index contributed by atoms with van der Waals surface area (Å²) in [5.41, 5.74) is 5.07. The molecule has 0 aliphatic rings. The summed E-state index contributed by atoms with van der Waals surface area (Å²) in [7, 11) is 1.86. The molecule has 0 bridgehead atoms. The smallest absolute Gasteiger partial charge is 0.218 e. The van der Waals surface area contributed by atoms with E-state index in [9.17, 15) is 4.79 Å². The van der Waals surface area contributed by atoms with Crippen LogP contribution in [0, 0.1) is 5.92 Å². The Morgan fingerprint density at radius 3 is 2.36 bits per heavy atom. The molecule has 1 unspecified atom stereocenters. The van der Waals surface area contributed by atoms with Gasteiger partial charge in [-0.05, 0) is 19.4 Å². The van der Waals surface area contributed by atoms with Gasteiger partial charge in [0.2, 0.25) is 5.91 Å². The van der Waals surface area contributed by atoms with Gasteiger partial charge in [0, 0.05) is 12.5 Å². The maximum atomic E-state index is 10.5. The van der Waals surface area contributed by atoms with Crippen molar-refractivity contribution in [3.63, 3.8) is 0 Å². The highest BCUT2D eigenvalue weighted by Gasteiger charge is 2.10. The van der Waals surface area contributed by atoms with Crippen LogP contribution in [-0.4, -0.2) is 19.0 Å². The molecule has 0 aliphatic carbocycles. The van der Waals surface area contributed by atoms with Crippen LogP contribution in [-0.2, 0) is 4.79 Å². The van der Waals surface area contributed by atoms with E-state index >= 15 is 0 Å². The van der Waals surface area contributed by atoms with Gasteiger partial charge in [0.15, 0.2) is 0 Å². The van der Waals surface area contributed by atoms with Crippen molar-refractivity contribution in [2.75, 3.05) is 7.05 Å². The molecular weight excluding hydrogens is 140 g/mol. The van der Waals surface area contributed by atoms with E-state index in [0.717, 1.165) is 6.42 Å². The van der Waals surface area contributed by atoms with Crippen molar-refractivity contribution in [2.24, 2.45) is 11.7 Å². The molecule has 0 saturated carbocycles. The number of carbonyl (C=O) groups excluding carboxylic acids is 1. The van der Waals surface area contributed by atoms with E-state index in [1.165, 1.54) is 0 Å². The molecule has 3 heteroatoms. The van der Waals surface area contributed by atoms with E-state index in [0.29, 0.717) is 12.3 Å². The minimum absolute atomic E-state index is 0.231. The van der Waals surface area contributed by atoms with Crippen LogP contribution in [0.15, 0.2) is 0 Å². The van der Waals surface area contributed by atoms with Gasteiger partial charge < -0.3 is 11.1 Å². The fourth-order valence-electron chi connectivity index (χ4n) is 1.12. The molecule has 1 atom stereocenters. The minimum atomic E-state index is -0.231. The lowest BCUT2D eigenvalue weighted by atomic mass is 10.0. The highest BCUT2D eigenvalue weighted by Crippen LogP contribution is 2.06. The second-order valence-electron chi connectivity index (χ2n) is 3.29. The van der Waals surface area contributed by atoms with E-state index in [4.69, 9.17) is 5.73 Å². The molecule has 11 heavy (non-hydrogen) atoms. The third kappa shape index (κ3) is 5.85. The second-order valence-corrected chi connectivity index (χ2v) is 3.29. The van der Waals surface area contributed by atoms with E-state index in [-0.39, 0.29) is 11.9 Å². The van der Waals surface area contributed by atoms with Gasteiger partial charge in [-0.25, -0.2) is 0 Å². The number of nitrogens with two attached hydrogens (primary N) is 1. The molecule has 3 N–H and O–H groups in total. The molecule has 0 fully saturated rings. The Balaban J connectivity index is 3.66. The molecule has 3 nitrogen and oxygen atoms in total. The Morgan fingerprint density at radius 2 is 2.09 bits per heavy atom. The summed E-state index contributed by atoms with van der Waals surface area (Å²) in [6.45, 7) is 4.26. The molecule has 1 amide bonds. The Morgan fingerprint density at radius 1 is 1.55 bits per heavy atom. The zero-order valence-corrected chi connectivity index (χ0v) is 7.55. The fourth-order valence-corrected chi connectivity index (χ4v) is 1.12. The van der Waals surface area contributed by atoms with Gasteiger partial charge in [0.05, 0.1) is 0 Å². The average Bonchev–Trinajstić information content (AvgIpc) is 1.84. The predicted octanol–water partition coefficient (Wildman–Crippen LogP) is 0.496. The zero-order chi connectivity index (χ0) is 8.85. The van der Waals surface area contributed by atoms with Gasteiger partial charge in [-0.1, -0.05) is 13.8 Å². The summed E-state index contributed by atoms with van der Waals surface area (Å²) < 4.78 is 0. The van der Waals surface area contributed by atoms with Crippen molar-refractivity contribution in [3.05, 3.63) is 0 Å². The summed E-state index contributed by atoms with van der Waals surface area (Å²) in [6.07, 6.45) is 1.44.